The molecule has 3 atom stereocenters. The van der Waals surface area contributed by atoms with E-state index < -0.39 is 5.60 Å². The average Bonchev–Trinajstić information content (AvgIpc) is 3.11. The number of Topliss-reactive ketones (excluding diaryl/α,β-unsaturated/α-hetero) is 1. The lowest BCUT2D eigenvalue weighted by Crippen LogP contribution is -2.26. The van der Waals surface area contributed by atoms with Crippen molar-refractivity contribution in [3.63, 3.8) is 0 Å². The summed E-state index contributed by atoms with van der Waals surface area (Å²) in [5.74, 6) is 1.46. The van der Waals surface area contributed by atoms with Gasteiger partial charge in [-0.25, -0.2) is 0 Å². The van der Waals surface area contributed by atoms with Gasteiger partial charge in [-0.05, 0) is 34.8 Å². The van der Waals surface area contributed by atoms with Crippen LogP contribution in [0.5, 0.6) is 5.75 Å². The molecular formula is C21H28O3. The largest absolute Gasteiger partial charge is 0.493 e. The summed E-state index contributed by atoms with van der Waals surface area (Å²) in [6.45, 7) is 13.9. The van der Waals surface area contributed by atoms with E-state index in [9.17, 15) is 4.79 Å². The number of epoxide rings is 1. The lowest BCUT2D eigenvalue weighted by atomic mass is 9.76. The lowest BCUT2D eigenvalue weighted by Gasteiger charge is -2.30. The Hall–Kier alpha value is -1.35. The topological polar surface area (TPSA) is 38.8 Å². The van der Waals surface area contributed by atoms with E-state index in [1.807, 2.05) is 0 Å². The third kappa shape index (κ3) is 2.10. The molecule has 24 heavy (non-hydrogen) atoms. The van der Waals surface area contributed by atoms with Crippen molar-refractivity contribution in [3.8, 4) is 5.75 Å². The molecule has 1 aromatic carbocycles. The summed E-state index contributed by atoms with van der Waals surface area (Å²) in [4.78, 5) is 12.8. The molecule has 1 aromatic rings. The van der Waals surface area contributed by atoms with Crippen molar-refractivity contribution in [1.82, 2.24) is 0 Å². The standard InChI is InChI=1S/C21H28O3/c1-19(2,3)13-10-14(20(4,5)6)17-15(11-13)21-16(22)9-12(7-8-23-17)18(21)24-21/h10-12,18H,7-9H2,1-6H3/t12-,18+,21-/m0/s1. The minimum atomic E-state index is -0.721. The van der Waals surface area contributed by atoms with Gasteiger partial charge in [0, 0.05) is 17.5 Å². The third-order valence-corrected chi connectivity index (χ3v) is 5.84. The van der Waals surface area contributed by atoms with Crippen molar-refractivity contribution in [3.05, 3.63) is 28.8 Å². The van der Waals surface area contributed by atoms with Gasteiger partial charge in [0.05, 0.1) is 6.61 Å². The second-order valence-electron chi connectivity index (χ2n) is 9.70. The summed E-state index contributed by atoms with van der Waals surface area (Å²) in [5, 5.41) is 0. The number of carbonyl (C=O) groups excluding carboxylic acids is 1. The normalized spacial score (nSPS) is 31.7. The van der Waals surface area contributed by atoms with Crippen LogP contribution in [0.2, 0.25) is 0 Å². The van der Waals surface area contributed by atoms with E-state index in [4.69, 9.17) is 9.47 Å². The van der Waals surface area contributed by atoms with Crippen LogP contribution < -0.4 is 4.74 Å². The molecule has 1 saturated carbocycles. The number of benzene rings is 1. The number of ether oxygens (including phenoxy) is 2. The highest BCUT2D eigenvalue weighted by atomic mass is 16.6. The molecule has 1 aliphatic carbocycles. The SMILES string of the molecule is CC(C)(C)c1cc(C(C)(C)C)c2c(c1)[C@@]13O[C@@H]1[C@@H](CCO2)CC3=O. The van der Waals surface area contributed by atoms with Crippen LogP contribution in [0.3, 0.4) is 0 Å². The molecule has 3 nitrogen and oxygen atoms in total. The van der Waals surface area contributed by atoms with Crippen molar-refractivity contribution in [2.45, 2.75) is 76.9 Å². The van der Waals surface area contributed by atoms with Gasteiger partial charge in [-0.2, -0.15) is 0 Å². The van der Waals surface area contributed by atoms with E-state index in [1.54, 1.807) is 0 Å². The molecule has 0 aromatic heterocycles. The van der Waals surface area contributed by atoms with Crippen LogP contribution in [0, 0.1) is 5.92 Å². The zero-order chi connectivity index (χ0) is 17.5. The maximum absolute atomic E-state index is 12.8. The Bertz CT molecular complexity index is 720. The van der Waals surface area contributed by atoms with Crippen molar-refractivity contribution >= 4 is 5.78 Å². The molecule has 3 aliphatic rings. The Balaban J connectivity index is 2.00. The van der Waals surface area contributed by atoms with Gasteiger partial charge in [-0.3, -0.25) is 4.79 Å². The Kier molecular flexibility index (Phi) is 3.11. The fourth-order valence-corrected chi connectivity index (χ4v) is 4.30. The van der Waals surface area contributed by atoms with Crippen LogP contribution in [-0.4, -0.2) is 18.5 Å². The van der Waals surface area contributed by atoms with Gasteiger partial charge in [-0.15, -0.1) is 0 Å². The van der Waals surface area contributed by atoms with E-state index >= 15 is 0 Å². The number of rotatable bonds is 0. The first kappa shape index (κ1) is 16.1. The van der Waals surface area contributed by atoms with E-state index in [0.717, 1.165) is 17.7 Å². The fourth-order valence-electron chi connectivity index (χ4n) is 4.30. The summed E-state index contributed by atoms with van der Waals surface area (Å²) in [7, 11) is 0. The fraction of sp³-hybridized carbons (Fsp3) is 0.667. The van der Waals surface area contributed by atoms with Gasteiger partial charge in [0.1, 0.15) is 11.9 Å². The number of hydrogen-bond acceptors (Lipinski definition) is 3. The molecule has 0 unspecified atom stereocenters. The molecule has 130 valence electrons. The van der Waals surface area contributed by atoms with Crippen LogP contribution in [0.1, 0.15) is 71.1 Å². The Labute approximate surface area is 144 Å². The smallest absolute Gasteiger partial charge is 0.181 e. The third-order valence-electron chi connectivity index (χ3n) is 5.84. The Morgan fingerprint density at radius 1 is 1.08 bits per heavy atom. The molecule has 1 saturated heterocycles. The van der Waals surface area contributed by atoms with Crippen molar-refractivity contribution in [2.24, 2.45) is 5.92 Å². The molecule has 0 radical (unpaired) electrons. The minimum absolute atomic E-state index is 0.0134. The van der Waals surface area contributed by atoms with Crippen molar-refractivity contribution in [2.75, 3.05) is 6.61 Å². The first-order valence-electron chi connectivity index (χ1n) is 9.08. The molecule has 0 spiro atoms. The molecule has 0 amide bonds. The predicted molar refractivity (Wildman–Crippen MR) is 93.6 cm³/mol. The van der Waals surface area contributed by atoms with Gasteiger partial charge in [0.15, 0.2) is 11.4 Å². The monoisotopic (exact) mass is 328 g/mol. The van der Waals surface area contributed by atoms with Gasteiger partial charge < -0.3 is 9.47 Å². The lowest BCUT2D eigenvalue weighted by molar-refractivity contribution is -0.124. The van der Waals surface area contributed by atoms with Gasteiger partial charge in [0.2, 0.25) is 0 Å². The summed E-state index contributed by atoms with van der Waals surface area (Å²) in [5.41, 5.74) is 2.66. The van der Waals surface area contributed by atoms with Crippen LogP contribution in [0.15, 0.2) is 12.1 Å². The molecule has 2 aliphatic heterocycles. The van der Waals surface area contributed by atoms with Crippen LogP contribution in [0.4, 0.5) is 0 Å². The first-order valence-corrected chi connectivity index (χ1v) is 9.08. The van der Waals surface area contributed by atoms with E-state index in [0.29, 0.717) is 18.9 Å². The van der Waals surface area contributed by atoms with Gasteiger partial charge in [0.25, 0.3) is 0 Å². The predicted octanol–water partition coefficient (Wildman–Crippen LogP) is 4.25. The van der Waals surface area contributed by atoms with Crippen molar-refractivity contribution < 1.29 is 14.3 Å². The highest BCUT2D eigenvalue weighted by molar-refractivity contribution is 5.96. The summed E-state index contributed by atoms with van der Waals surface area (Å²) in [6, 6.07) is 4.45. The quantitative estimate of drug-likeness (QED) is 0.668. The van der Waals surface area contributed by atoms with Crippen LogP contribution >= 0.6 is 0 Å². The summed E-state index contributed by atoms with van der Waals surface area (Å²) >= 11 is 0. The van der Waals surface area contributed by atoms with Crippen LogP contribution in [0.25, 0.3) is 0 Å². The molecule has 2 heterocycles. The molecule has 2 bridgehead atoms. The van der Waals surface area contributed by atoms with Crippen LogP contribution in [-0.2, 0) is 26.0 Å². The van der Waals surface area contributed by atoms with E-state index in [2.05, 4.69) is 53.7 Å². The number of hydrogen-bond donors (Lipinski definition) is 0. The Morgan fingerprint density at radius 3 is 2.38 bits per heavy atom. The molecule has 2 fully saturated rings. The van der Waals surface area contributed by atoms with Gasteiger partial charge >= 0.3 is 0 Å². The maximum Gasteiger partial charge on any atom is 0.181 e. The number of carbonyl (C=O) groups is 1. The maximum atomic E-state index is 12.8. The van der Waals surface area contributed by atoms with E-state index in [1.165, 1.54) is 11.1 Å². The highest BCUT2D eigenvalue weighted by Crippen LogP contribution is 2.62. The van der Waals surface area contributed by atoms with Gasteiger partial charge in [-0.1, -0.05) is 47.6 Å². The molecular weight excluding hydrogens is 300 g/mol. The molecule has 3 heteroatoms. The zero-order valence-corrected chi connectivity index (χ0v) is 15.7. The first-order chi connectivity index (χ1) is 11.0. The summed E-state index contributed by atoms with van der Waals surface area (Å²) < 4.78 is 12.3. The minimum Gasteiger partial charge on any atom is -0.493 e. The van der Waals surface area contributed by atoms with E-state index in [-0.39, 0.29) is 22.7 Å². The number of ketones is 1. The molecule has 0 N–H and O–H groups in total. The second-order valence-corrected chi connectivity index (χ2v) is 9.70. The molecule has 4 rings (SSSR count). The summed E-state index contributed by atoms with van der Waals surface area (Å²) in [6.07, 6.45) is 1.61. The highest BCUT2D eigenvalue weighted by Gasteiger charge is 2.72. The number of fused-ring (bicyclic) bond motifs is 1. The average molecular weight is 328 g/mol. The zero-order valence-electron chi connectivity index (χ0n) is 15.7. The van der Waals surface area contributed by atoms with Crippen molar-refractivity contribution in [1.29, 1.82) is 0 Å². The Morgan fingerprint density at radius 2 is 1.79 bits per heavy atom. The second kappa shape index (κ2) is 4.63.